The standard InChI is InChI=1S/C9H11/c1-7-4-5-8(2)9(3)6-7/h4,6,9H,2H2,1,3H3. The number of rotatable bonds is 0. The van der Waals surface area contributed by atoms with E-state index in [0.717, 1.165) is 5.57 Å². The molecule has 0 fully saturated rings. The van der Waals surface area contributed by atoms with Gasteiger partial charge in [-0.05, 0) is 24.5 Å². The predicted octanol–water partition coefficient (Wildman–Crippen LogP) is 2.50. The van der Waals surface area contributed by atoms with Crippen LogP contribution in [0.2, 0.25) is 0 Å². The molecule has 0 nitrogen and oxygen atoms in total. The van der Waals surface area contributed by atoms with Crippen molar-refractivity contribution in [1.29, 1.82) is 0 Å². The van der Waals surface area contributed by atoms with Crippen LogP contribution in [0.15, 0.2) is 29.9 Å². The molecule has 1 aliphatic carbocycles. The summed E-state index contributed by atoms with van der Waals surface area (Å²) >= 11 is 0. The average molecular weight is 119 g/mol. The Bertz CT molecular complexity index is 182. The van der Waals surface area contributed by atoms with Gasteiger partial charge in [0.1, 0.15) is 0 Å². The molecular weight excluding hydrogens is 108 g/mol. The van der Waals surface area contributed by atoms with Crippen LogP contribution < -0.4 is 0 Å². The van der Waals surface area contributed by atoms with Gasteiger partial charge in [-0.2, -0.15) is 0 Å². The minimum atomic E-state index is 0.481. The van der Waals surface area contributed by atoms with Crippen molar-refractivity contribution in [2.75, 3.05) is 0 Å². The predicted molar refractivity (Wildman–Crippen MR) is 39.9 cm³/mol. The van der Waals surface area contributed by atoms with Crippen LogP contribution in [0.3, 0.4) is 0 Å². The fourth-order valence-electron chi connectivity index (χ4n) is 0.881. The van der Waals surface area contributed by atoms with E-state index in [1.165, 1.54) is 5.57 Å². The fraction of sp³-hybridized carbons (Fsp3) is 0.333. The average Bonchev–Trinajstić information content (AvgIpc) is 1.80. The van der Waals surface area contributed by atoms with Crippen molar-refractivity contribution in [3.63, 3.8) is 0 Å². The first-order chi connectivity index (χ1) is 4.20. The van der Waals surface area contributed by atoms with Crippen LogP contribution >= 0.6 is 0 Å². The molecule has 0 saturated carbocycles. The van der Waals surface area contributed by atoms with Crippen molar-refractivity contribution in [2.45, 2.75) is 13.8 Å². The quantitative estimate of drug-likeness (QED) is 0.459. The lowest BCUT2D eigenvalue weighted by atomic mass is 9.95. The SMILES string of the molecule is C=C1[C]=CC(C)=CC1C. The number of allylic oxidation sites excluding steroid dienone is 5. The van der Waals surface area contributed by atoms with Crippen molar-refractivity contribution in [3.8, 4) is 0 Å². The summed E-state index contributed by atoms with van der Waals surface area (Å²) in [6, 6.07) is 0. The van der Waals surface area contributed by atoms with Gasteiger partial charge in [0, 0.05) is 0 Å². The molecule has 1 radical (unpaired) electrons. The molecule has 0 aliphatic heterocycles. The molecular formula is C9H11. The molecule has 1 unspecified atom stereocenters. The molecule has 0 N–H and O–H groups in total. The molecule has 0 aromatic rings. The molecule has 9 heavy (non-hydrogen) atoms. The Labute approximate surface area is 56.6 Å². The Kier molecular flexibility index (Phi) is 1.56. The molecule has 1 atom stereocenters. The minimum Gasteiger partial charge on any atom is -0.0946 e. The normalized spacial score (nSPS) is 26.2. The van der Waals surface area contributed by atoms with Gasteiger partial charge in [-0.3, -0.25) is 0 Å². The smallest absolute Gasteiger partial charge is 0.000444 e. The third-order valence-corrected chi connectivity index (χ3v) is 1.55. The van der Waals surface area contributed by atoms with Gasteiger partial charge in [0.05, 0.1) is 0 Å². The van der Waals surface area contributed by atoms with Crippen LogP contribution in [0.5, 0.6) is 0 Å². The van der Waals surface area contributed by atoms with E-state index in [2.05, 4.69) is 32.6 Å². The molecule has 1 aliphatic rings. The topological polar surface area (TPSA) is 0 Å². The summed E-state index contributed by atoms with van der Waals surface area (Å²) in [4.78, 5) is 0. The third-order valence-electron chi connectivity index (χ3n) is 1.55. The van der Waals surface area contributed by atoms with Crippen molar-refractivity contribution >= 4 is 0 Å². The van der Waals surface area contributed by atoms with Gasteiger partial charge in [0.25, 0.3) is 0 Å². The number of hydrogen-bond acceptors (Lipinski definition) is 0. The molecule has 0 bridgehead atoms. The van der Waals surface area contributed by atoms with Crippen molar-refractivity contribution < 1.29 is 0 Å². The van der Waals surface area contributed by atoms with Crippen molar-refractivity contribution in [1.82, 2.24) is 0 Å². The third kappa shape index (κ3) is 1.32. The summed E-state index contributed by atoms with van der Waals surface area (Å²) < 4.78 is 0. The number of hydrogen-bond donors (Lipinski definition) is 0. The molecule has 0 saturated heterocycles. The minimum absolute atomic E-state index is 0.481. The Balaban J connectivity index is 2.82. The Hall–Kier alpha value is -0.780. The molecule has 0 heteroatoms. The summed E-state index contributed by atoms with van der Waals surface area (Å²) in [6.45, 7) is 8.05. The molecule has 47 valence electrons. The zero-order chi connectivity index (χ0) is 6.85. The Morgan fingerprint density at radius 3 is 2.78 bits per heavy atom. The first-order valence-corrected chi connectivity index (χ1v) is 3.17. The highest BCUT2D eigenvalue weighted by Crippen LogP contribution is 2.18. The van der Waals surface area contributed by atoms with Gasteiger partial charge in [0.2, 0.25) is 0 Å². The van der Waals surface area contributed by atoms with E-state index >= 15 is 0 Å². The van der Waals surface area contributed by atoms with Crippen LogP contribution in [0.4, 0.5) is 0 Å². The summed E-state index contributed by atoms with van der Waals surface area (Å²) in [5.41, 5.74) is 2.37. The lowest BCUT2D eigenvalue weighted by molar-refractivity contribution is 0.869. The van der Waals surface area contributed by atoms with Crippen LogP contribution in [0, 0.1) is 12.0 Å². The molecule has 0 amide bonds. The van der Waals surface area contributed by atoms with E-state index in [1.807, 2.05) is 6.08 Å². The first kappa shape index (κ1) is 6.34. The van der Waals surface area contributed by atoms with Gasteiger partial charge >= 0.3 is 0 Å². The van der Waals surface area contributed by atoms with E-state index in [1.54, 1.807) is 0 Å². The molecule has 0 heterocycles. The van der Waals surface area contributed by atoms with Crippen LogP contribution in [-0.4, -0.2) is 0 Å². The van der Waals surface area contributed by atoms with Gasteiger partial charge in [-0.25, -0.2) is 0 Å². The van der Waals surface area contributed by atoms with E-state index in [4.69, 9.17) is 0 Å². The lowest BCUT2D eigenvalue weighted by Gasteiger charge is -2.10. The summed E-state index contributed by atoms with van der Waals surface area (Å²) in [6.07, 6.45) is 7.26. The van der Waals surface area contributed by atoms with Crippen LogP contribution in [-0.2, 0) is 0 Å². The van der Waals surface area contributed by atoms with Crippen molar-refractivity contribution in [3.05, 3.63) is 36.0 Å². The van der Waals surface area contributed by atoms with Gasteiger partial charge in [-0.1, -0.05) is 31.2 Å². The fourth-order valence-corrected chi connectivity index (χ4v) is 0.881. The van der Waals surface area contributed by atoms with Gasteiger partial charge < -0.3 is 0 Å². The Morgan fingerprint density at radius 2 is 2.33 bits per heavy atom. The first-order valence-electron chi connectivity index (χ1n) is 3.17. The van der Waals surface area contributed by atoms with E-state index in [9.17, 15) is 0 Å². The highest BCUT2D eigenvalue weighted by atomic mass is 14.1. The largest absolute Gasteiger partial charge is 0.0946 e. The highest BCUT2D eigenvalue weighted by molar-refractivity contribution is 5.30. The maximum atomic E-state index is 3.84. The summed E-state index contributed by atoms with van der Waals surface area (Å²) in [7, 11) is 0. The molecule has 0 aromatic heterocycles. The maximum absolute atomic E-state index is 3.84. The van der Waals surface area contributed by atoms with Crippen LogP contribution in [0.1, 0.15) is 13.8 Å². The zero-order valence-corrected chi connectivity index (χ0v) is 5.94. The zero-order valence-electron chi connectivity index (χ0n) is 5.94. The van der Waals surface area contributed by atoms with Crippen LogP contribution in [0.25, 0.3) is 0 Å². The summed E-state index contributed by atoms with van der Waals surface area (Å²) in [5, 5.41) is 0. The maximum Gasteiger partial charge on any atom is -0.000444 e. The van der Waals surface area contributed by atoms with Gasteiger partial charge in [0.15, 0.2) is 0 Å². The van der Waals surface area contributed by atoms with E-state index < -0.39 is 0 Å². The van der Waals surface area contributed by atoms with E-state index in [0.29, 0.717) is 5.92 Å². The van der Waals surface area contributed by atoms with Crippen molar-refractivity contribution in [2.24, 2.45) is 5.92 Å². The molecule has 0 aromatic carbocycles. The Morgan fingerprint density at radius 1 is 1.67 bits per heavy atom. The molecule has 0 spiro atoms. The summed E-state index contributed by atoms with van der Waals surface area (Å²) in [5.74, 6) is 0.481. The second kappa shape index (κ2) is 2.22. The van der Waals surface area contributed by atoms with E-state index in [-0.39, 0.29) is 0 Å². The van der Waals surface area contributed by atoms with Gasteiger partial charge in [-0.15, -0.1) is 0 Å². The second-order valence-corrected chi connectivity index (χ2v) is 2.51. The second-order valence-electron chi connectivity index (χ2n) is 2.51. The molecule has 1 rings (SSSR count). The lowest BCUT2D eigenvalue weighted by Crippen LogP contribution is -1.96. The monoisotopic (exact) mass is 119 g/mol. The highest BCUT2D eigenvalue weighted by Gasteiger charge is 2.03.